The maximum atomic E-state index is 11.3. The monoisotopic (exact) mass is 288 g/mol. The third-order valence-electron chi connectivity index (χ3n) is 4.80. The van der Waals surface area contributed by atoms with Crippen molar-refractivity contribution in [3.63, 3.8) is 0 Å². The number of nitrogens with zero attached hydrogens (tertiary/aromatic N) is 2. The van der Waals surface area contributed by atoms with Gasteiger partial charge < -0.3 is 5.11 Å². The van der Waals surface area contributed by atoms with Crippen LogP contribution in [0.4, 0.5) is 0 Å². The third kappa shape index (κ3) is 3.44. The Morgan fingerprint density at radius 1 is 1.14 bits per heavy atom. The van der Waals surface area contributed by atoms with Crippen LogP contribution in [-0.4, -0.2) is 53.1 Å². The molecule has 2 fully saturated rings. The fourth-order valence-electron chi connectivity index (χ4n) is 3.65. The smallest absolute Gasteiger partial charge is 0.336 e. The quantitative estimate of drug-likeness (QED) is 0.924. The van der Waals surface area contributed by atoms with Gasteiger partial charge in [0.25, 0.3) is 0 Å². The first kappa shape index (κ1) is 14.5. The molecular weight excluding hydrogens is 264 g/mol. The van der Waals surface area contributed by atoms with Gasteiger partial charge in [0.2, 0.25) is 0 Å². The highest BCUT2D eigenvalue weighted by atomic mass is 16.4. The van der Waals surface area contributed by atoms with Crippen molar-refractivity contribution in [2.75, 3.05) is 26.2 Å². The van der Waals surface area contributed by atoms with Gasteiger partial charge in [0, 0.05) is 25.7 Å². The molecule has 2 aliphatic heterocycles. The number of rotatable bonds is 4. The van der Waals surface area contributed by atoms with Crippen LogP contribution in [0.25, 0.3) is 0 Å². The fourth-order valence-corrected chi connectivity index (χ4v) is 3.65. The SMILES string of the molecule is O=C(O)c1ccccc1CN1CCC(N2CCCCC2)C1. The Kier molecular flexibility index (Phi) is 4.56. The summed E-state index contributed by atoms with van der Waals surface area (Å²) in [6, 6.07) is 8.04. The molecule has 0 aliphatic carbocycles. The number of carboxylic acid groups (broad SMARTS) is 1. The van der Waals surface area contributed by atoms with Crippen LogP contribution < -0.4 is 0 Å². The molecule has 1 aromatic rings. The average molecular weight is 288 g/mol. The molecule has 0 radical (unpaired) electrons. The molecule has 1 N–H and O–H groups in total. The molecule has 114 valence electrons. The molecule has 2 heterocycles. The normalized spacial score (nSPS) is 24.3. The molecule has 1 atom stereocenters. The lowest BCUT2D eigenvalue weighted by atomic mass is 10.1. The van der Waals surface area contributed by atoms with Crippen LogP contribution >= 0.6 is 0 Å². The zero-order chi connectivity index (χ0) is 14.7. The topological polar surface area (TPSA) is 43.8 Å². The van der Waals surface area contributed by atoms with E-state index in [1.807, 2.05) is 12.1 Å². The highest BCUT2D eigenvalue weighted by molar-refractivity contribution is 5.89. The Balaban J connectivity index is 1.61. The molecule has 0 amide bonds. The molecular formula is C17H24N2O2. The minimum atomic E-state index is -0.822. The van der Waals surface area contributed by atoms with Crippen molar-refractivity contribution in [2.45, 2.75) is 38.3 Å². The second-order valence-corrected chi connectivity index (χ2v) is 6.24. The molecule has 1 unspecified atom stereocenters. The van der Waals surface area contributed by atoms with Gasteiger partial charge in [0.1, 0.15) is 0 Å². The Morgan fingerprint density at radius 3 is 2.67 bits per heavy atom. The van der Waals surface area contributed by atoms with E-state index in [1.165, 1.54) is 38.8 Å². The largest absolute Gasteiger partial charge is 0.478 e. The van der Waals surface area contributed by atoms with Crippen LogP contribution in [0.3, 0.4) is 0 Å². The zero-order valence-corrected chi connectivity index (χ0v) is 12.5. The zero-order valence-electron chi connectivity index (χ0n) is 12.5. The summed E-state index contributed by atoms with van der Waals surface area (Å²) >= 11 is 0. The summed E-state index contributed by atoms with van der Waals surface area (Å²) in [5.74, 6) is -0.822. The maximum Gasteiger partial charge on any atom is 0.336 e. The first-order chi connectivity index (χ1) is 10.2. The molecule has 2 aliphatic rings. The van der Waals surface area contributed by atoms with Crippen LogP contribution in [-0.2, 0) is 6.54 Å². The number of benzene rings is 1. The third-order valence-corrected chi connectivity index (χ3v) is 4.80. The molecule has 1 aromatic carbocycles. The fraction of sp³-hybridized carbons (Fsp3) is 0.588. The predicted molar refractivity (Wildman–Crippen MR) is 82.5 cm³/mol. The van der Waals surface area contributed by atoms with E-state index in [-0.39, 0.29) is 0 Å². The Labute approximate surface area is 126 Å². The van der Waals surface area contributed by atoms with E-state index in [4.69, 9.17) is 0 Å². The van der Waals surface area contributed by atoms with Crippen LogP contribution in [0.15, 0.2) is 24.3 Å². The Bertz CT molecular complexity index is 497. The van der Waals surface area contributed by atoms with Gasteiger partial charge in [-0.05, 0) is 44.0 Å². The summed E-state index contributed by atoms with van der Waals surface area (Å²) in [6.45, 7) is 5.39. The number of aromatic carboxylic acids is 1. The average Bonchev–Trinajstić information content (AvgIpc) is 2.97. The molecule has 2 saturated heterocycles. The van der Waals surface area contributed by atoms with E-state index in [0.717, 1.165) is 25.2 Å². The van der Waals surface area contributed by atoms with Crippen molar-refractivity contribution in [2.24, 2.45) is 0 Å². The lowest BCUT2D eigenvalue weighted by Gasteiger charge is -2.32. The Hall–Kier alpha value is -1.39. The van der Waals surface area contributed by atoms with Gasteiger partial charge in [0.15, 0.2) is 0 Å². The van der Waals surface area contributed by atoms with E-state index < -0.39 is 5.97 Å². The van der Waals surface area contributed by atoms with Gasteiger partial charge in [-0.1, -0.05) is 24.6 Å². The number of likely N-dealkylation sites (tertiary alicyclic amines) is 2. The molecule has 3 rings (SSSR count). The highest BCUT2D eigenvalue weighted by Crippen LogP contribution is 2.22. The van der Waals surface area contributed by atoms with E-state index in [1.54, 1.807) is 12.1 Å². The van der Waals surface area contributed by atoms with Gasteiger partial charge in [-0.2, -0.15) is 0 Å². The maximum absolute atomic E-state index is 11.3. The van der Waals surface area contributed by atoms with Gasteiger partial charge >= 0.3 is 5.97 Å². The lowest BCUT2D eigenvalue weighted by Crippen LogP contribution is -2.40. The molecule has 4 nitrogen and oxygen atoms in total. The number of carbonyl (C=O) groups is 1. The van der Waals surface area contributed by atoms with Crippen molar-refractivity contribution >= 4 is 5.97 Å². The summed E-state index contributed by atoms with van der Waals surface area (Å²) in [5, 5.41) is 9.27. The van der Waals surface area contributed by atoms with Crippen molar-refractivity contribution in [1.82, 2.24) is 9.80 Å². The van der Waals surface area contributed by atoms with Crippen LogP contribution in [0.1, 0.15) is 41.6 Å². The van der Waals surface area contributed by atoms with Crippen LogP contribution in [0, 0.1) is 0 Å². The first-order valence-corrected chi connectivity index (χ1v) is 8.01. The summed E-state index contributed by atoms with van der Waals surface area (Å²) in [7, 11) is 0. The van der Waals surface area contributed by atoms with Gasteiger partial charge in [-0.15, -0.1) is 0 Å². The van der Waals surface area contributed by atoms with Crippen molar-refractivity contribution in [3.05, 3.63) is 35.4 Å². The number of hydrogen-bond acceptors (Lipinski definition) is 3. The van der Waals surface area contributed by atoms with E-state index >= 15 is 0 Å². The number of piperidine rings is 1. The summed E-state index contributed by atoms with van der Waals surface area (Å²) in [5.41, 5.74) is 1.38. The second-order valence-electron chi connectivity index (χ2n) is 6.24. The van der Waals surface area contributed by atoms with Crippen molar-refractivity contribution < 1.29 is 9.90 Å². The second kappa shape index (κ2) is 6.58. The standard InChI is InChI=1S/C17H24N2O2/c20-17(21)16-7-3-2-6-14(16)12-18-11-8-15(13-18)19-9-4-1-5-10-19/h2-3,6-7,15H,1,4-5,8-13H2,(H,20,21). The van der Waals surface area contributed by atoms with E-state index in [2.05, 4.69) is 9.80 Å². The van der Waals surface area contributed by atoms with Gasteiger partial charge in [-0.25, -0.2) is 4.79 Å². The highest BCUT2D eigenvalue weighted by Gasteiger charge is 2.28. The molecule has 0 saturated carbocycles. The Morgan fingerprint density at radius 2 is 1.90 bits per heavy atom. The first-order valence-electron chi connectivity index (χ1n) is 8.01. The van der Waals surface area contributed by atoms with Crippen LogP contribution in [0.2, 0.25) is 0 Å². The minimum Gasteiger partial charge on any atom is -0.478 e. The van der Waals surface area contributed by atoms with Crippen molar-refractivity contribution in [1.29, 1.82) is 0 Å². The summed E-state index contributed by atoms with van der Waals surface area (Å²) in [4.78, 5) is 16.3. The van der Waals surface area contributed by atoms with E-state index in [0.29, 0.717) is 11.6 Å². The van der Waals surface area contributed by atoms with Gasteiger partial charge in [0.05, 0.1) is 5.56 Å². The summed E-state index contributed by atoms with van der Waals surface area (Å²) < 4.78 is 0. The van der Waals surface area contributed by atoms with E-state index in [9.17, 15) is 9.90 Å². The van der Waals surface area contributed by atoms with Gasteiger partial charge in [-0.3, -0.25) is 9.80 Å². The lowest BCUT2D eigenvalue weighted by molar-refractivity contribution is 0.0694. The molecule has 21 heavy (non-hydrogen) atoms. The number of hydrogen-bond donors (Lipinski definition) is 1. The molecule has 0 aromatic heterocycles. The van der Waals surface area contributed by atoms with Crippen LogP contribution in [0.5, 0.6) is 0 Å². The minimum absolute atomic E-state index is 0.443. The predicted octanol–water partition coefficient (Wildman–Crippen LogP) is 2.45. The molecule has 4 heteroatoms. The number of carboxylic acids is 1. The molecule has 0 bridgehead atoms. The summed E-state index contributed by atoms with van der Waals surface area (Å²) in [6.07, 6.45) is 5.25. The molecule has 0 spiro atoms. The van der Waals surface area contributed by atoms with Crippen molar-refractivity contribution in [3.8, 4) is 0 Å².